The summed E-state index contributed by atoms with van der Waals surface area (Å²) in [5.74, 6) is 0.983. The number of benzene rings is 1. The molecule has 0 spiro atoms. The molecule has 0 atom stereocenters. The molecule has 164 valence electrons. The van der Waals surface area contributed by atoms with Crippen LogP contribution in [0.1, 0.15) is 30.2 Å². The Morgan fingerprint density at radius 2 is 2.13 bits per heavy atom. The first kappa shape index (κ1) is 22.3. The van der Waals surface area contributed by atoms with Crippen LogP contribution in [0.5, 0.6) is 0 Å². The standard InChI is InChI=1S/C22H25Cl2N5OS/c1-3-28(2)9-4-5-19(30)29-10-8-15-18(12-29)31-22-20(15)21(25-13-26-22)27-14-6-7-16(23)17(24)11-14/h6-7,11,13H,3-5,8-10,12H2,1-2H3,(H,25,26,27). The molecule has 0 aliphatic carbocycles. The highest BCUT2D eigenvalue weighted by Gasteiger charge is 2.26. The fraction of sp³-hybridized carbons (Fsp3) is 0.409. The van der Waals surface area contributed by atoms with Gasteiger partial charge in [0.2, 0.25) is 5.91 Å². The summed E-state index contributed by atoms with van der Waals surface area (Å²) in [6.45, 7) is 5.45. The molecule has 31 heavy (non-hydrogen) atoms. The highest BCUT2D eigenvalue weighted by molar-refractivity contribution is 7.19. The summed E-state index contributed by atoms with van der Waals surface area (Å²) in [6.07, 6.45) is 3.85. The zero-order chi connectivity index (χ0) is 22.0. The van der Waals surface area contributed by atoms with Crippen molar-refractivity contribution < 1.29 is 4.79 Å². The van der Waals surface area contributed by atoms with Crippen molar-refractivity contribution in [1.29, 1.82) is 0 Å². The predicted octanol–water partition coefficient (Wildman–Crippen LogP) is 5.36. The molecule has 0 saturated carbocycles. The van der Waals surface area contributed by atoms with Gasteiger partial charge in [0.05, 0.1) is 22.0 Å². The molecule has 3 aromatic rings. The van der Waals surface area contributed by atoms with Crippen molar-refractivity contribution in [2.75, 3.05) is 32.0 Å². The molecule has 6 nitrogen and oxygen atoms in total. The Labute approximate surface area is 196 Å². The van der Waals surface area contributed by atoms with Gasteiger partial charge in [-0.3, -0.25) is 4.79 Å². The van der Waals surface area contributed by atoms with Crippen molar-refractivity contribution in [3.8, 4) is 0 Å². The van der Waals surface area contributed by atoms with E-state index in [1.807, 2.05) is 11.0 Å². The van der Waals surface area contributed by atoms with Crippen LogP contribution in [0.15, 0.2) is 24.5 Å². The van der Waals surface area contributed by atoms with Crippen LogP contribution in [0.25, 0.3) is 10.2 Å². The van der Waals surface area contributed by atoms with E-state index in [1.165, 1.54) is 10.4 Å². The van der Waals surface area contributed by atoms with Gasteiger partial charge in [-0.25, -0.2) is 9.97 Å². The molecule has 1 aromatic carbocycles. The molecule has 9 heteroatoms. The van der Waals surface area contributed by atoms with Crippen LogP contribution < -0.4 is 5.32 Å². The van der Waals surface area contributed by atoms with E-state index in [2.05, 4.69) is 34.2 Å². The smallest absolute Gasteiger partial charge is 0.222 e. The van der Waals surface area contributed by atoms with Crippen LogP contribution in [0.3, 0.4) is 0 Å². The number of carbonyl (C=O) groups excluding carboxylic acids is 1. The van der Waals surface area contributed by atoms with Gasteiger partial charge in [0.1, 0.15) is 17.0 Å². The lowest BCUT2D eigenvalue weighted by molar-refractivity contribution is -0.132. The largest absolute Gasteiger partial charge is 0.340 e. The van der Waals surface area contributed by atoms with Crippen molar-refractivity contribution in [3.05, 3.63) is 45.0 Å². The molecule has 0 bridgehead atoms. The summed E-state index contributed by atoms with van der Waals surface area (Å²) in [6, 6.07) is 5.42. The first-order valence-corrected chi connectivity index (χ1v) is 12.0. The number of nitrogens with zero attached hydrogens (tertiary/aromatic N) is 4. The molecular weight excluding hydrogens is 453 g/mol. The third-order valence-corrected chi connectivity index (χ3v) is 7.51. The summed E-state index contributed by atoms with van der Waals surface area (Å²) < 4.78 is 0. The normalized spacial score (nSPS) is 13.6. The fourth-order valence-corrected chi connectivity index (χ4v) is 5.26. The van der Waals surface area contributed by atoms with Crippen LogP contribution in [0, 0.1) is 0 Å². The number of rotatable bonds is 7. The summed E-state index contributed by atoms with van der Waals surface area (Å²) in [5, 5.41) is 5.39. The van der Waals surface area contributed by atoms with E-state index in [1.54, 1.807) is 29.8 Å². The van der Waals surface area contributed by atoms with Crippen LogP contribution in [0.2, 0.25) is 10.0 Å². The SMILES string of the molecule is CCN(C)CCCC(=O)N1CCc2c(sc3ncnc(Nc4ccc(Cl)c(Cl)c4)c23)C1. The molecule has 0 fully saturated rings. The van der Waals surface area contributed by atoms with E-state index >= 15 is 0 Å². The Morgan fingerprint density at radius 3 is 2.90 bits per heavy atom. The van der Waals surface area contributed by atoms with Gasteiger partial charge in [-0.2, -0.15) is 0 Å². The second kappa shape index (κ2) is 9.69. The second-order valence-corrected chi connectivity index (χ2v) is 9.62. The number of amides is 1. The molecule has 1 amide bonds. The van der Waals surface area contributed by atoms with Crippen molar-refractivity contribution in [1.82, 2.24) is 19.8 Å². The fourth-order valence-electron chi connectivity index (χ4n) is 3.76. The Kier molecular flexibility index (Phi) is 6.96. The quantitative estimate of drug-likeness (QED) is 0.496. The number of anilines is 2. The second-order valence-electron chi connectivity index (χ2n) is 7.72. The van der Waals surface area contributed by atoms with Crippen LogP contribution in [-0.2, 0) is 17.8 Å². The monoisotopic (exact) mass is 477 g/mol. The lowest BCUT2D eigenvalue weighted by Gasteiger charge is -2.27. The van der Waals surface area contributed by atoms with Gasteiger partial charge in [0.25, 0.3) is 0 Å². The van der Waals surface area contributed by atoms with E-state index in [4.69, 9.17) is 23.2 Å². The summed E-state index contributed by atoms with van der Waals surface area (Å²) in [5.41, 5.74) is 2.05. The van der Waals surface area contributed by atoms with Gasteiger partial charge in [-0.05, 0) is 56.7 Å². The minimum absolute atomic E-state index is 0.229. The van der Waals surface area contributed by atoms with Gasteiger partial charge in [-0.15, -0.1) is 11.3 Å². The summed E-state index contributed by atoms with van der Waals surface area (Å²) >= 11 is 13.8. The third kappa shape index (κ3) is 4.95. The zero-order valence-corrected chi connectivity index (χ0v) is 19.9. The Morgan fingerprint density at radius 1 is 1.29 bits per heavy atom. The number of carbonyl (C=O) groups is 1. The van der Waals surface area contributed by atoms with E-state index in [0.717, 1.165) is 54.2 Å². The maximum atomic E-state index is 12.7. The minimum Gasteiger partial charge on any atom is -0.340 e. The maximum absolute atomic E-state index is 12.7. The highest BCUT2D eigenvalue weighted by Crippen LogP contribution is 2.38. The molecule has 1 aliphatic heterocycles. The molecule has 1 N–H and O–H groups in total. The van der Waals surface area contributed by atoms with Gasteiger partial charge >= 0.3 is 0 Å². The number of thiophene rings is 1. The first-order valence-electron chi connectivity index (χ1n) is 10.4. The van der Waals surface area contributed by atoms with E-state index in [-0.39, 0.29) is 5.91 Å². The topological polar surface area (TPSA) is 61.4 Å². The number of aromatic nitrogens is 2. The van der Waals surface area contributed by atoms with Gasteiger partial charge in [0, 0.05) is 23.5 Å². The zero-order valence-electron chi connectivity index (χ0n) is 17.6. The summed E-state index contributed by atoms with van der Waals surface area (Å²) in [7, 11) is 2.08. The Balaban J connectivity index is 1.52. The van der Waals surface area contributed by atoms with E-state index in [0.29, 0.717) is 23.0 Å². The molecular formula is C22H25Cl2N5OS. The average Bonchev–Trinajstić information content (AvgIpc) is 3.14. The average molecular weight is 478 g/mol. The van der Waals surface area contributed by atoms with Crippen molar-refractivity contribution >= 4 is 62.2 Å². The van der Waals surface area contributed by atoms with Crippen LogP contribution in [-0.4, -0.2) is 52.4 Å². The first-order chi connectivity index (χ1) is 15.0. The predicted molar refractivity (Wildman–Crippen MR) is 129 cm³/mol. The van der Waals surface area contributed by atoms with Crippen LogP contribution in [0.4, 0.5) is 11.5 Å². The van der Waals surface area contributed by atoms with Crippen molar-refractivity contribution in [2.24, 2.45) is 0 Å². The number of hydrogen-bond acceptors (Lipinski definition) is 6. The van der Waals surface area contributed by atoms with Gasteiger partial charge in [0.15, 0.2) is 0 Å². The summed E-state index contributed by atoms with van der Waals surface area (Å²) in [4.78, 5) is 28.0. The lowest BCUT2D eigenvalue weighted by atomic mass is 10.0. The minimum atomic E-state index is 0.229. The van der Waals surface area contributed by atoms with Gasteiger partial charge < -0.3 is 15.1 Å². The molecule has 0 radical (unpaired) electrons. The Hall–Kier alpha value is -1.93. The molecule has 4 rings (SSSR count). The number of nitrogens with one attached hydrogen (secondary N) is 1. The maximum Gasteiger partial charge on any atom is 0.222 e. The van der Waals surface area contributed by atoms with Crippen molar-refractivity contribution in [3.63, 3.8) is 0 Å². The van der Waals surface area contributed by atoms with Crippen molar-refractivity contribution in [2.45, 2.75) is 32.7 Å². The molecule has 0 unspecified atom stereocenters. The number of hydrogen-bond donors (Lipinski definition) is 1. The number of fused-ring (bicyclic) bond motifs is 3. The van der Waals surface area contributed by atoms with E-state index < -0.39 is 0 Å². The molecule has 0 saturated heterocycles. The van der Waals surface area contributed by atoms with E-state index in [9.17, 15) is 4.79 Å². The highest BCUT2D eigenvalue weighted by atomic mass is 35.5. The third-order valence-electron chi connectivity index (χ3n) is 5.64. The molecule has 1 aliphatic rings. The van der Waals surface area contributed by atoms with Crippen LogP contribution >= 0.6 is 34.5 Å². The molecule has 2 aromatic heterocycles. The lowest BCUT2D eigenvalue weighted by Crippen LogP contribution is -2.35. The van der Waals surface area contributed by atoms with Gasteiger partial charge in [-0.1, -0.05) is 30.1 Å². The Bertz CT molecular complexity index is 1100. The molecule has 3 heterocycles. The number of halogens is 2.